The molecule has 26 heteroatoms. The number of carbonyl (C=O) groups excluding carboxylic acids is 10. The third kappa shape index (κ3) is 22.1. The summed E-state index contributed by atoms with van der Waals surface area (Å²) in [7, 11) is 4.99. The summed E-state index contributed by atoms with van der Waals surface area (Å²) in [6.07, 6.45) is 6.08. The summed E-state index contributed by atoms with van der Waals surface area (Å²) in [5.41, 5.74) is 6.24. The Balaban J connectivity index is 1.46. The van der Waals surface area contributed by atoms with Crippen molar-refractivity contribution in [1.29, 1.82) is 0 Å². The maximum Gasteiger partial charge on any atom is 0.407 e. The number of nitrogens with one attached hydrogen (secondary N) is 7. The van der Waals surface area contributed by atoms with Gasteiger partial charge in [-0.05, 0) is 100 Å². The van der Waals surface area contributed by atoms with E-state index in [-0.39, 0.29) is 110 Å². The first kappa shape index (κ1) is 70.0. The van der Waals surface area contributed by atoms with Crippen LogP contribution in [0.4, 0.5) is 15.3 Å². The molecule has 0 bridgehead atoms. The number of amides is 11. The number of piperidine rings is 1. The molecule has 0 unspecified atom stereocenters. The van der Waals surface area contributed by atoms with E-state index in [1.807, 2.05) is 39.6 Å². The van der Waals surface area contributed by atoms with Crippen LogP contribution in [0.5, 0.6) is 0 Å². The molecule has 3 heterocycles. The van der Waals surface area contributed by atoms with Gasteiger partial charge < -0.3 is 57.7 Å². The van der Waals surface area contributed by atoms with Gasteiger partial charge in [-0.1, -0.05) is 79.9 Å². The molecule has 4 rings (SSSR count). The second kappa shape index (κ2) is 34.5. The first-order valence-electron chi connectivity index (χ1n) is 29.5. The Bertz CT molecular complexity index is 2650. The highest BCUT2D eigenvalue weighted by atomic mass is 32.1. The Labute approximate surface area is 502 Å². The number of nitrogens with zero attached hydrogens (tertiary/aromatic N) is 4. The summed E-state index contributed by atoms with van der Waals surface area (Å²) in [4.78, 5) is 152. The minimum atomic E-state index is -1.12. The first-order chi connectivity index (χ1) is 40.2. The van der Waals surface area contributed by atoms with Crippen molar-refractivity contribution in [3.05, 3.63) is 58.1 Å². The van der Waals surface area contributed by atoms with Gasteiger partial charge in [-0.2, -0.15) is 0 Å². The Morgan fingerprint density at radius 3 is 2.13 bits per heavy atom. The third-order valence-corrected chi connectivity index (χ3v) is 16.5. The lowest BCUT2D eigenvalue weighted by Crippen LogP contribution is -2.58. The zero-order valence-corrected chi connectivity index (χ0v) is 51.6. The molecule has 25 nitrogen and oxygen atoms in total. The molecule has 470 valence electrons. The van der Waals surface area contributed by atoms with Gasteiger partial charge in [-0.15, -0.1) is 11.3 Å². The van der Waals surface area contributed by atoms with Gasteiger partial charge >= 0.3 is 18.1 Å². The highest BCUT2D eigenvalue weighted by molar-refractivity contribution is 7.09. The molecule has 0 saturated carbocycles. The molecular formula is C59H90N12O13S. The second-order valence-electron chi connectivity index (χ2n) is 22.9. The molecule has 1 fully saturated rings. The number of likely N-dealkylation sites (N-methyl/N-ethyl adjacent to an activating group) is 2. The van der Waals surface area contributed by atoms with E-state index >= 15 is 0 Å². The Kier molecular flexibility index (Phi) is 28.4. The van der Waals surface area contributed by atoms with Crippen LogP contribution in [-0.4, -0.2) is 167 Å². The number of primary amides is 1. The maximum atomic E-state index is 14.4. The number of benzene rings is 1. The van der Waals surface area contributed by atoms with Gasteiger partial charge in [0, 0.05) is 75.3 Å². The molecule has 1 saturated heterocycles. The molecule has 0 spiro atoms. The second-order valence-corrected chi connectivity index (χ2v) is 23.8. The van der Waals surface area contributed by atoms with Crippen molar-refractivity contribution in [2.75, 3.05) is 46.1 Å². The standard InChI is InChI=1S/C59H90N12O13S/c1-11-36(6)50(68-53(77)43-19-14-16-28-69(43)9)56(79)70(10)44(34(2)3)32-45(84-59(83)61-8)55-66-42(33-85-55)52(76)64-40(30-37(7)57(80)81)31-38-21-23-39(24-22-38)63-51(75)41(18-17-27-62-58(60)82)65-54(78)49(35(4)5)67-46(72)20-13-12-15-29-71-47(73)25-26-48(71)74/h21-26,33-37,40-41,43-45,49-50H,11-20,27-32H2,1-10H3,(H,61,83)(H,63,75)(H,64,76)(H,65,78)(H,67,72)(H,68,77)(H,80,81)(H3,60,62,82)/t36-,37-,40+,41-,43+,44+,45+,49-,50-/m0/s1. The quantitative estimate of drug-likeness (QED) is 0.0347. The summed E-state index contributed by atoms with van der Waals surface area (Å²) in [6.45, 7) is 13.9. The summed E-state index contributed by atoms with van der Waals surface area (Å²) < 4.78 is 5.86. The number of rotatable bonds is 34. The van der Waals surface area contributed by atoms with Crippen LogP contribution in [0.15, 0.2) is 41.8 Å². The van der Waals surface area contributed by atoms with Crippen molar-refractivity contribution >= 4 is 82.4 Å². The monoisotopic (exact) mass is 1210 g/mol. The highest BCUT2D eigenvalue weighted by Gasteiger charge is 2.38. The zero-order chi connectivity index (χ0) is 63.1. The Hall–Kier alpha value is -7.48. The number of alkyl carbamates (subject to hydrolysis) is 1. The fourth-order valence-electron chi connectivity index (χ4n) is 10.2. The van der Waals surface area contributed by atoms with E-state index in [9.17, 15) is 57.8 Å². The zero-order valence-electron chi connectivity index (χ0n) is 50.8. The van der Waals surface area contributed by atoms with E-state index < -0.39 is 84.0 Å². The number of nitrogens with two attached hydrogens (primary N) is 1. The lowest BCUT2D eigenvalue weighted by atomic mass is 9.92. The number of likely N-dealkylation sites (tertiary alicyclic amines) is 1. The van der Waals surface area contributed by atoms with Gasteiger partial charge in [-0.25, -0.2) is 14.6 Å². The number of hydrogen-bond acceptors (Lipinski definition) is 15. The third-order valence-electron chi connectivity index (χ3n) is 15.6. The number of ether oxygens (including phenoxy) is 1. The molecule has 11 amide bonds. The van der Waals surface area contributed by atoms with Crippen LogP contribution >= 0.6 is 11.3 Å². The van der Waals surface area contributed by atoms with Crippen LogP contribution in [0, 0.1) is 23.7 Å². The number of imide groups is 1. The van der Waals surface area contributed by atoms with Gasteiger partial charge in [0.2, 0.25) is 29.5 Å². The predicted octanol–water partition coefficient (Wildman–Crippen LogP) is 4.38. The van der Waals surface area contributed by atoms with Gasteiger partial charge in [0.25, 0.3) is 17.7 Å². The lowest BCUT2D eigenvalue weighted by molar-refractivity contribution is -0.142. The number of thiazole rings is 1. The number of anilines is 1. The molecular weight excluding hydrogens is 1120 g/mol. The average Bonchev–Trinajstić information content (AvgIpc) is 4.31. The smallest absolute Gasteiger partial charge is 0.407 e. The molecule has 0 radical (unpaired) electrons. The van der Waals surface area contributed by atoms with Gasteiger partial charge in [0.05, 0.1) is 12.0 Å². The first-order valence-corrected chi connectivity index (χ1v) is 30.3. The van der Waals surface area contributed by atoms with Crippen LogP contribution in [-0.2, 0) is 49.5 Å². The van der Waals surface area contributed by atoms with Crippen LogP contribution in [0.25, 0.3) is 0 Å². The van der Waals surface area contributed by atoms with Crippen molar-refractivity contribution in [2.24, 2.45) is 29.4 Å². The summed E-state index contributed by atoms with van der Waals surface area (Å²) in [6, 6.07) is 1.32. The van der Waals surface area contributed by atoms with Crippen molar-refractivity contribution < 1.29 is 62.6 Å². The van der Waals surface area contributed by atoms with Crippen molar-refractivity contribution in [2.45, 2.75) is 174 Å². The summed E-state index contributed by atoms with van der Waals surface area (Å²) >= 11 is 1.08. The largest absolute Gasteiger partial charge is 0.481 e. The molecule has 2 aliphatic heterocycles. The normalized spacial score (nSPS) is 17.1. The van der Waals surface area contributed by atoms with Crippen molar-refractivity contribution in [1.82, 2.24) is 51.6 Å². The molecule has 85 heavy (non-hydrogen) atoms. The molecule has 10 N–H and O–H groups in total. The SMILES string of the molecule is CC[C@H](C)[C@H](NC(=O)[C@H]1CCCCN1C)C(=O)N(C)[C@H](C[C@@H](OC(=O)NC)c1nc(C(=O)N[C@@H](Cc2ccc(NC(=O)[C@H](CCCNC(N)=O)NC(=O)[C@@H](NC(=O)CCCCCN3C(=O)C=CC3=O)C(C)C)cc2)C[C@H](C)C(=O)O)cs1)C(C)C. The molecule has 2 aliphatic rings. The van der Waals surface area contributed by atoms with E-state index in [2.05, 4.69) is 42.2 Å². The van der Waals surface area contributed by atoms with Crippen LogP contribution < -0.4 is 43.0 Å². The number of hydrogen-bond donors (Lipinski definition) is 9. The Morgan fingerprint density at radius 1 is 0.847 bits per heavy atom. The summed E-state index contributed by atoms with van der Waals surface area (Å²) in [5.74, 6) is -6.12. The van der Waals surface area contributed by atoms with Gasteiger partial charge in [0.1, 0.15) is 28.8 Å². The van der Waals surface area contributed by atoms with E-state index in [1.54, 1.807) is 50.1 Å². The number of carboxylic acids is 1. The number of carboxylic acid groups (broad SMARTS) is 1. The van der Waals surface area contributed by atoms with Crippen LogP contribution in [0.3, 0.4) is 0 Å². The topological polar surface area (TPSA) is 350 Å². The Morgan fingerprint density at radius 2 is 1.53 bits per heavy atom. The molecule has 2 aromatic rings. The minimum absolute atomic E-state index is 0.0127. The van der Waals surface area contributed by atoms with Gasteiger partial charge in [0.15, 0.2) is 6.10 Å². The number of carbonyl (C=O) groups is 11. The van der Waals surface area contributed by atoms with Crippen molar-refractivity contribution in [3.63, 3.8) is 0 Å². The lowest BCUT2D eigenvalue weighted by Gasteiger charge is -2.38. The molecule has 1 aromatic heterocycles. The number of aliphatic carboxylic acids is 1. The molecule has 1 aromatic carbocycles. The predicted molar refractivity (Wildman–Crippen MR) is 319 cm³/mol. The fraction of sp³-hybridized carbons (Fsp3) is 0.627. The fourth-order valence-corrected chi connectivity index (χ4v) is 11.0. The maximum absolute atomic E-state index is 14.4. The molecule has 9 atom stereocenters. The van der Waals surface area contributed by atoms with Gasteiger partial charge in [-0.3, -0.25) is 53.0 Å². The van der Waals surface area contributed by atoms with E-state index in [4.69, 9.17) is 10.5 Å². The number of aromatic nitrogens is 1. The highest BCUT2D eigenvalue weighted by Crippen LogP contribution is 2.31. The van der Waals surface area contributed by atoms with E-state index in [0.29, 0.717) is 43.4 Å². The minimum Gasteiger partial charge on any atom is -0.481 e. The average molecular weight is 1210 g/mol. The van der Waals surface area contributed by atoms with Crippen molar-refractivity contribution in [3.8, 4) is 0 Å². The molecule has 0 aliphatic carbocycles. The van der Waals surface area contributed by atoms with E-state index in [0.717, 1.165) is 35.6 Å². The van der Waals surface area contributed by atoms with Crippen LogP contribution in [0.2, 0.25) is 0 Å². The van der Waals surface area contributed by atoms with E-state index in [1.165, 1.54) is 31.5 Å². The summed E-state index contributed by atoms with van der Waals surface area (Å²) in [5, 5.41) is 31.0. The number of urea groups is 1. The van der Waals surface area contributed by atoms with Crippen LogP contribution in [0.1, 0.15) is 153 Å². The number of unbranched alkanes of at least 4 members (excludes halogenated alkanes) is 2.